The van der Waals surface area contributed by atoms with Gasteiger partial charge >= 0.3 is 6.18 Å². The van der Waals surface area contributed by atoms with E-state index in [1.54, 1.807) is 16.7 Å². The average Bonchev–Trinajstić information content (AvgIpc) is 2.60. The van der Waals surface area contributed by atoms with Crippen LogP contribution in [0.25, 0.3) is 0 Å². The first kappa shape index (κ1) is 20.9. The summed E-state index contributed by atoms with van der Waals surface area (Å²) in [5.74, 6) is -0.189. The number of carbonyl (C=O) groups is 1. The molecule has 0 spiro atoms. The number of amides is 1. The molecule has 10 heteroatoms. The van der Waals surface area contributed by atoms with Crippen molar-refractivity contribution in [2.24, 2.45) is 5.73 Å². The molecule has 27 heavy (non-hydrogen) atoms. The summed E-state index contributed by atoms with van der Waals surface area (Å²) in [7, 11) is 0. The van der Waals surface area contributed by atoms with Gasteiger partial charge < -0.3 is 15.5 Å². The monoisotopic (exact) mass is 388 g/mol. The number of halogens is 3. The maximum atomic E-state index is 12.8. The average molecular weight is 388 g/mol. The molecule has 7 nitrogen and oxygen atoms in total. The van der Waals surface area contributed by atoms with Crippen molar-refractivity contribution in [3.8, 4) is 0 Å². The summed E-state index contributed by atoms with van der Waals surface area (Å²) in [5, 5.41) is 11.3. The van der Waals surface area contributed by atoms with Crippen molar-refractivity contribution in [2.45, 2.75) is 38.4 Å². The number of nitro benzene ring substituents is 1. The van der Waals surface area contributed by atoms with Gasteiger partial charge in [0.25, 0.3) is 5.69 Å². The number of benzene rings is 1. The molecule has 0 aliphatic carbocycles. The molecule has 0 aromatic heterocycles. The normalized spacial score (nSPS) is 17.6. The van der Waals surface area contributed by atoms with Gasteiger partial charge in [-0.3, -0.25) is 14.9 Å². The Balaban J connectivity index is 2.16. The van der Waals surface area contributed by atoms with Gasteiger partial charge in [0.2, 0.25) is 5.91 Å². The van der Waals surface area contributed by atoms with Crippen LogP contribution in [0.5, 0.6) is 0 Å². The van der Waals surface area contributed by atoms with Gasteiger partial charge in [-0.25, -0.2) is 0 Å². The zero-order chi connectivity index (χ0) is 20.4. The van der Waals surface area contributed by atoms with Crippen molar-refractivity contribution in [1.82, 2.24) is 4.90 Å². The largest absolute Gasteiger partial charge is 0.416 e. The number of nitro groups is 1. The van der Waals surface area contributed by atoms with Gasteiger partial charge in [-0.1, -0.05) is 13.3 Å². The van der Waals surface area contributed by atoms with Gasteiger partial charge in [0.15, 0.2) is 0 Å². The molecule has 1 amide bonds. The van der Waals surface area contributed by atoms with Crippen LogP contribution in [0.2, 0.25) is 0 Å². The Morgan fingerprint density at radius 1 is 1.26 bits per heavy atom. The van der Waals surface area contributed by atoms with Crippen LogP contribution < -0.4 is 10.6 Å². The van der Waals surface area contributed by atoms with Crippen molar-refractivity contribution in [2.75, 3.05) is 31.1 Å². The van der Waals surface area contributed by atoms with E-state index in [0.717, 1.165) is 18.6 Å². The highest BCUT2D eigenvalue weighted by Crippen LogP contribution is 2.36. The van der Waals surface area contributed by atoms with Crippen molar-refractivity contribution in [3.05, 3.63) is 33.9 Å². The predicted molar refractivity (Wildman–Crippen MR) is 94.4 cm³/mol. The first-order valence-corrected chi connectivity index (χ1v) is 8.66. The Morgan fingerprint density at radius 3 is 2.33 bits per heavy atom. The van der Waals surface area contributed by atoms with Crippen LogP contribution in [0.1, 0.15) is 32.3 Å². The number of hydrogen-bond donors (Lipinski definition) is 1. The molecule has 0 radical (unpaired) electrons. The molecular weight excluding hydrogens is 365 g/mol. The minimum Gasteiger partial charge on any atom is -0.362 e. The zero-order valence-corrected chi connectivity index (χ0v) is 15.3. The fraction of sp³-hybridized carbons (Fsp3) is 0.588. The summed E-state index contributed by atoms with van der Waals surface area (Å²) in [4.78, 5) is 26.2. The Hall–Kier alpha value is -2.36. The van der Waals surface area contributed by atoms with E-state index < -0.39 is 27.9 Å². The smallest absolute Gasteiger partial charge is 0.362 e. The highest BCUT2D eigenvalue weighted by Gasteiger charge is 2.36. The summed E-state index contributed by atoms with van der Waals surface area (Å²) in [6.45, 7) is 4.76. The number of anilines is 1. The molecular formula is C17H23F3N4O3. The Morgan fingerprint density at radius 2 is 1.85 bits per heavy atom. The van der Waals surface area contributed by atoms with E-state index in [1.165, 1.54) is 0 Å². The van der Waals surface area contributed by atoms with Gasteiger partial charge in [-0.15, -0.1) is 0 Å². The number of nitrogens with zero attached hydrogens (tertiary/aromatic N) is 3. The molecule has 0 saturated carbocycles. The Bertz CT molecular complexity index is 714. The minimum absolute atomic E-state index is 0.115. The lowest BCUT2D eigenvalue weighted by Crippen LogP contribution is -2.58. The number of nitrogens with two attached hydrogens (primary N) is 1. The molecule has 1 aliphatic rings. The van der Waals surface area contributed by atoms with Crippen LogP contribution >= 0.6 is 0 Å². The van der Waals surface area contributed by atoms with Crippen molar-refractivity contribution in [3.63, 3.8) is 0 Å². The van der Waals surface area contributed by atoms with Gasteiger partial charge in [0.1, 0.15) is 5.69 Å². The number of carbonyl (C=O) groups excluding carboxylic acids is 1. The number of hydrogen-bond acceptors (Lipinski definition) is 5. The van der Waals surface area contributed by atoms with Crippen LogP contribution in [-0.4, -0.2) is 47.4 Å². The zero-order valence-electron chi connectivity index (χ0n) is 15.3. The second kappa shape index (κ2) is 7.71. The first-order chi connectivity index (χ1) is 12.5. The fourth-order valence-corrected chi connectivity index (χ4v) is 3.25. The van der Waals surface area contributed by atoms with E-state index in [1.807, 2.05) is 6.92 Å². The summed E-state index contributed by atoms with van der Waals surface area (Å²) < 4.78 is 38.5. The Kier molecular flexibility index (Phi) is 5.98. The standard InChI is InChI=1S/C17H23F3N4O3/c1-3-6-16(2,21)15(25)23-9-7-22(8-10-23)13-5-4-12(17(18,19)20)11-14(13)24(26)27/h4-5,11H,3,6-10,21H2,1-2H3. The lowest BCUT2D eigenvalue weighted by atomic mass is 9.95. The van der Waals surface area contributed by atoms with Crippen LogP contribution in [-0.2, 0) is 11.0 Å². The third-order valence-electron chi connectivity index (χ3n) is 4.66. The topological polar surface area (TPSA) is 92.7 Å². The SMILES string of the molecule is CCCC(C)(N)C(=O)N1CCN(c2ccc(C(F)(F)F)cc2[N+](=O)[O-])CC1. The third kappa shape index (κ3) is 4.68. The second-order valence-corrected chi connectivity index (χ2v) is 6.91. The molecule has 1 aromatic rings. The van der Waals surface area contributed by atoms with E-state index in [2.05, 4.69) is 0 Å². The molecule has 1 heterocycles. The summed E-state index contributed by atoms with van der Waals surface area (Å²) >= 11 is 0. The van der Waals surface area contributed by atoms with E-state index >= 15 is 0 Å². The molecule has 150 valence electrons. The highest BCUT2D eigenvalue weighted by molar-refractivity contribution is 5.86. The molecule has 1 saturated heterocycles. The molecule has 1 atom stereocenters. The molecule has 2 rings (SSSR count). The lowest BCUT2D eigenvalue weighted by molar-refractivity contribution is -0.384. The third-order valence-corrected chi connectivity index (χ3v) is 4.66. The van der Waals surface area contributed by atoms with Crippen LogP contribution in [0.4, 0.5) is 24.5 Å². The van der Waals surface area contributed by atoms with E-state index in [4.69, 9.17) is 5.73 Å². The summed E-state index contributed by atoms with van der Waals surface area (Å²) in [5.41, 5.74) is 3.55. The molecule has 1 unspecified atom stereocenters. The van der Waals surface area contributed by atoms with Gasteiger partial charge in [-0.05, 0) is 25.5 Å². The van der Waals surface area contributed by atoms with Gasteiger partial charge in [-0.2, -0.15) is 13.2 Å². The maximum Gasteiger partial charge on any atom is 0.416 e. The molecule has 0 bridgehead atoms. The second-order valence-electron chi connectivity index (χ2n) is 6.91. The van der Waals surface area contributed by atoms with E-state index in [-0.39, 0.29) is 24.7 Å². The van der Waals surface area contributed by atoms with E-state index in [0.29, 0.717) is 25.6 Å². The van der Waals surface area contributed by atoms with Crippen LogP contribution in [0.3, 0.4) is 0 Å². The minimum atomic E-state index is -4.65. The molecule has 2 N–H and O–H groups in total. The molecule has 1 fully saturated rings. The van der Waals surface area contributed by atoms with Crippen LogP contribution in [0, 0.1) is 10.1 Å². The maximum absolute atomic E-state index is 12.8. The van der Waals surface area contributed by atoms with Crippen molar-refractivity contribution >= 4 is 17.3 Å². The van der Waals surface area contributed by atoms with E-state index in [9.17, 15) is 28.1 Å². The molecule has 1 aliphatic heterocycles. The number of piperazine rings is 1. The number of rotatable bonds is 5. The Labute approximate surface area is 155 Å². The quantitative estimate of drug-likeness (QED) is 0.619. The first-order valence-electron chi connectivity index (χ1n) is 8.66. The van der Waals surface area contributed by atoms with Crippen molar-refractivity contribution < 1.29 is 22.9 Å². The number of alkyl halides is 3. The predicted octanol–water partition coefficient (Wildman–Crippen LogP) is 2.78. The summed E-state index contributed by atoms with van der Waals surface area (Å²) in [6, 6.07) is 2.49. The summed E-state index contributed by atoms with van der Waals surface area (Å²) in [6.07, 6.45) is -3.36. The van der Waals surface area contributed by atoms with Crippen LogP contribution in [0.15, 0.2) is 18.2 Å². The fourth-order valence-electron chi connectivity index (χ4n) is 3.25. The van der Waals surface area contributed by atoms with Crippen molar-refractivity contribution in [1.29, 1.82) is 0 Å². The highest BCUT2D eigenvalue weighted by atomic mass is 19.4. The molecule has 1 aromatic carbocycles. The van der Waals surface area contributed by atoms with Gasteiger partial charge in [0, 0.05) is 32.2 Å². The van der Waals surface area contributed by atoms with Gasteiger partial charge in [0.05, 0.1) is 16.0 Å². The lowest BCUT2D eigenvalue weighted by Gasteiger charge is -2.39.